The van der Waals surface area contributed by atoms with E-state index in [1.807, 2.05) is 6.07 Å². The number of anilines is 1. The summed E-state index contributed by atoms with van der Waals surface area (Å²) in [7, 11) is 0. The first-order valence-corrected chi connectivity index (χ1v) is 11.5. The van der Waals surface area contributed by atoms with E-state index in [1.54, 1.807) is 0 Å². The highest BCUT2D eigenvalue weighted by molar-refractivity contribution is 9.10. The first-order chi connectivity index (χ1) is 14.5. The zero-order chi connectivity index (χ0) is 21.3. The Kier molecular flexibility index (Phi) is 6.29. The number of nitrogen functional groups attached to an aromatic ring is 1. The summed E-state index contributed by atoms with van der Waals surface area (Å²) in [6.45, 7) is 10.1. The molecule has 0 saturated heterocycles. The van der Waals surface area contributed by atoms with Crippen molar-refractivity contribution in [1.29, 1.82) is 0 Å². The van der Waals surface area contributed by atoms with Crippen LogP contribution in [-0.2, 0) is 19.5 Å². The largest absolute Gasteiger partial charge is 0.463 e. The molecule has 1 aliphatic heterocycles. The summed E-state index contributed by atoms with van der Waals surface area (Å²) in [4.78, 5) is 11.5. The number of ether oxygens (including phenoxy) is 1. The Morgan fingerprint density at radius 1 is 1.20 bits per heavy atom. The number of hydrogen-bond acceptors (Lipinski definition) is 5. The van der Waals surface area contributed by atoms with Crippen molar-refractivity contribution in [2.75, 3.05) is 18.9 Å². The van der Waals surface area contributed by atoms with Crippen molar-refractivity contribution in [3.8, 4) is 6.01 Å². The van der Waals surface area contributed by atoms with Crippen molar-refractivity contribution >= 4 is 32.8 Å². The van der Waals surface area contributed by atoms with Gasteiger partial charge < -0.3 is 15.0 Å². The van der Waals surface area contributed by atoms with Gasteiger partial charge in [0.05, 0.1) is 23.1 Å². The first kappa shape index (κ1) is 21.1. The van der Waals surface area contributed by atoms with E-state index in [9.17, 15) is 0 Å². The maximum absolute atomic E-state index is 6.20. The second-order valence-electron chi connectivity index (χ2n) is 8.30. The second-order valence-corrected chi connectivity index (χ2v) is 9.11. The van der Waals surface area contributed by atoms with Crippen LogP contribution in [0.5, 0.6) is 6.01 Å². The van der Waals surface area contributed by atoms with Crippen molar-refractivity contribution in [3.05, 3.63) is 45.6 Å². The highest BCUT2D eigenvalue weighted by Gasteiger charge is 2.19. The first-order valence-electron chi connectivity index (χ1n) is 10.8. The summed E-state index contributed by atoms with van der Waals surface area (Å²) in [5.41, 5.74) is 11.1. The minimum atomic E-state index is 0.347. The van der Waals surface area contributed by atoms with Crippen LogP contribution >= 0.6 is 15.9 Å². The maximum atomic E-state index is 6.20. The van der Waals surface area contributed by atoms with Crippen LogP contribution in [0, 0.1) is 0 Å². The topological polar surface area (TPSA) is 69.2 Å². The van der Waals surface area contributed by atoms with Crippen LogP contribution in [0.2, 0.25) is 0 Å². The van der Waals surface area contributed by atoms with Gasteiger partial charge in [0, 0.05) is 19.1 Å². The molecule has 4 rings (SSSR count). The van der Waals surface area contributed by atoms with Crippen LogP contribution in [0.3, 0.4) is 0 Å². The Bertz CT molecular complexity index is 1050. The average molecular weight is 472 g/mol. The van der Waals surface area contributed by atoms with Crippen LogP contribution in [-0.4, -0.2) is 38.6 Å². The second kappa shape index (κ2) is 8.94. The van der Waals surface area contributed by atoms with Crippen molar-refractivity contribution < 1.29 is 4.74 Å². The molecule has 0 aliphatic carbocycles. The SMILES string of the molecule is CCCCOc1nc(N)c2cc(Br)n(Cc3ccc4c(c3)CCN(C(C)C)C4)c2n1. The Morgan fingerprint density at radius 2 is 2.03 bits per heavy atom. The van der Waals surface area contributed by atoms with Gasteiger partial charge in [-0.25, -0.2) is 0 Å². The molecule has 1 aliphatic rings. The van der Waals surface area contributed by atoms with E-state index < -0.39 is 0 Å². The number of fused-ring (bicyclic) bond motifs is 2. The third-order valence-corrected chi connectivity index (χ3v) is 6.48. The van der Waals surface area contributed by atoms with Crippen molar-refractivity contribution in [3.63, 3.8) is 0 Å². The fraction of sp³-hybridized carbons (Fsp3) is 0.478. The molecule has 0 fully saturated rings. The molecular formula is C23H30BrN5O. The normalized spacial score (nSPS) is 14.4. The highest BCUT2D eigenvalue weighted by atomic mass is 79.9. The standard InChI is InChI=1S/C23H30BrN5O/c1-4-5-10-30-23-26-21(25)19-12-20(24)29(22(19)27-23)13-16-6-7-18-14-28(15(2)3)9-8-17(18)11-16/h6-7,11-12,15H,4-5,8-10,13-14H2,1-3H3,(H2,25,26,27). The quantitative estimate of drug-likeness (QED) is 0.502. The van der Waals surface area contributed by atoms with E-state index in [2.05, 4.69) is 74.3 Å². The molecule has 3 aromatic rings. The van der Waals surface area contributed by atoms with Gasteiger partial charge in [-0.2, -0.15) is 9.97 Å². The average Bonchev–Trinajstić information content (AvgIpc) is 3.04. The van der Waals surface area contributed by atoms with Crippen molar-refractivity contribution in [2.45, 2.75) is 59.2 Å². The molecule has 0 spiro atoms. The molecule has 0 amide bonds. The number of unbranched alkanes of at least 4 members (excludes halogenated alkanes) is 1. The minimum absolute atomic E-state index is 0.347. The summed E-state index contributed by atoms with van der Waals surface area (Å²) in [6.07, 6.45) is 3.13. The zero-order valence-electron chi connectivity index (χ0n) is 18.0. The van der Waals surface area contributed by atoms with E-state index in [4.69, 9.17) is 10.5 Å². The van der Waals surface area contributed by atoms with E-state index in [-0.39, 0.29) is 0 Å². The lowest BCUT2D eigenvalue weighted by atomic mass is 9.96. The zero-order valence-corrected chi connectivity index (χ0v) is 19.6. The van der Waals surface area contributed by atoms with Crippen LogP contribution in [0.25, 0.3) is 11.0 Å². The summed E-state index contributed by atoms with van der Waals surface area (Å²) in [6, 6.07) is 9.76. The van der Waals surface area contributed by atoms with Gasteiger partial charge in [-0.15, -0.1) is 0 Å². The molecular weight excluding hydrogens is 442 g/mol. The number of rotatable bonds is 7. The van der Waals surface area contributed by atoms with E-state index in [0.29, 0.717) is 24.5 Å². The Morgan fingerprint density at radius 3 is 2.80 bits per heavy atom. The molecule has 6 nitrogen and oxygen atoms in total. The lowest BCUT2D eigenvalue weighted by Crippen LogP contribution is -2.35. The maximum Gasteiger partial charge on any atom is 0.320 e. The van der Waals surface area contributed by atoms with Crippen molar-refractivity contribution in [1.82, 2.24) is 19.4 Å². The van der Waals surface area contributed by atoms with Gasteiger partial charge >= 0.3 is 6.01 Å². The predicted octanol–water partition coefficient (Wildman–Crippen LogP) is 4.77. The fourth-order valence-electron chi connectivity index (χ4n) is 3.97. The van der Waals surface area contributed by atoms with E-state index >= 15 is 0 Å². The van der Waals surface area contributed by atoms with Gasteiger partial charge in [-0.1, -0.05) is 31.5 Å². The summed E-state index contributed by atoms with van der Waals surface area (Å²) >= 11 is 3.68. The van der Waals surface area contributed by atoms with Crippen LogP contribution in [0.15, 0.2) is 28.9 Å². The highest BCUT2D eigenvalue weighted by Crippen LogP contribution is 2.29. The Labute approximate surface area is 186 Å². The van der Waals surface area contributed by atoms with Gasteiger partial charge in [0.15, 0.2) is 5.65 Å². The number of hydrogen-bond donors (Lipinski definition) is 1. The number of nitrogens with zero attached hydrogens (tertiary/aromatic N) is 4. The van der Waals surface area contributed by atoms with E-state index in [0.717, 1.165) is 54.5 Å². The monoisotopic (exact) mass is 471 g/mol. The van der Waals surface area contributed by atoms with Crippen LogP contribution < -0.4 is 10.5 Å². The number of benzene rings is 1. The molecule has 0 atom stereocenters. The number of nitrogens with two attached hydrogens (primary N) is 1. The molecule has 7 heteroatoms. The van der Waals surface area contributed by atoms with E-state index in [1.165, 1.54) is 16.7 Å². The molecule has 0 saturated carbocycles. The molecule has 0 radical (unpaired) electrons. The smallest absolute Gasteiger partial charge is 0.320 e. The van der Waals surface area contributed by atoms with Gasteiger partial charge in [0.25, 0.3) is 0 Å². The third-order valence-electron chi connectivity index (χ3n) is 5.82. The van der Waals surface area contributed by atoms with Crippen LogP contribution in [0.1, 0.15) is 50.3 Å². The van der Waals surface area contributed by atoms with Gasteiger partial charge in [0.1, 0.15) is 5.82 Å². The summed E-state index contributed by atoms with van der Waals surface area (Å²) < 4.78 is 8.79. The molecule has 1 aromatic carbocycles. The molecule has 2 aromatic heterocycles. The molecule has 0 bridgehead atoms. The number of aromatic nitrogens is 3. The Hall–Kier alpha value is -2.12. The lowest BCUT2D eigenvalue weighted by Gasteiger charge is -2.32. The summed E-state index contributed by atoms with van der Waals surface area (Å²) in [5.74, 6) is 0.449. The lowest BCUT2D eigenvalue weighted by molar-refractivity contribution is 0.203. The number of halogens is 1. The Balaban J connectivity index is 1.61. The molecule has 0 unspecified atom stereocenters. The van der Waals surface area contributed by atoms with Gasteiger partial charge in [-0.05, 0) is 65.4 Å². The third kappa shape index (κ3) is 4.32. The van der Waals surface area contributed by atoms with Crippen molar-refractivity contribution in [2.24, 2.45) is 0 Å². The molecule has 30 heavy (non-hydrogen) atoms. The minimum Gasteiger partial charge on any atom is -0.463 e. The molecule has 160 valence electrons. The molecule has 3 heterocycles. The van der Waals surface area contributed by atoms with Gasteiger partial charge in [0.2, 0.25) is 0 Å². The van der Waals surface area contributed by atoms with Crippen LogP contribution in [0.4, 0.5) is 5.82 Å². The summed E-state index contributed by atoms with van der Waals surface area (Å²) in [5, 5.41) is 0.843. The van der Waals surface area contributed by atoms with Gasteiger partial charge in [-0.3, -0.25) is 4.90 Å². The predicted molar refractivity (Wildman–Crippen MR) is 125 cm³/mol. The molecule has 2 N–H and O–H groups in total. The fourth-order valence-corrected chi connectivity index (χ4v) is 4.49.